The SMILES string of the molecule is Cc1ccc(F)cc1-c1nc(N2CCCC(N)C2C)n[nH]1. The lowest BCUT2D eigenvalue weighted by molar-refractivity contribution is 0.416. The van der Waals surface area contributed by atoms with Crippen LogP contribution in [0.2, 0.25) is 0 Å². The average Bonchev–Trinajstić information content (AvgIpc) is 2.94. The molecule has 0 amide bonds. The molecule has 0 radical (unpaired) electrons. The Bertz CT molecular complexity index is 639. The molecule has 1 aromatic carbocycles. The zero-order valence-electron chi connectivity index (χ0n) is 12.3. The highest BCUT2D eigenvalue weighted by Crippen LogP contribution is 2.25. The van der Waals surface area contributed by atoms with Gasteiger partial charge >= 0.3 is 0 Å². The average molecular weight is 289 g/mol. The lowest BCUT2D eigenvalue weighted by Gasteiger charge is -2.36. The van der Waals surface area contributed by atoms with Crippen molar-refractivity contribution in [1.29, 1.82) is 0 Å². The van der Waals surface area contributed by atoms with E-state index in [1.807, 2.05) is 6.92 Å². The van der Waals surface area contributed by atoms with Crippen LogP contribution in [0, 0.1) is 12.7 Å². The van der Waals surface area contributed by atoms with Gasteiger partial charge in [0.05, 0.1) is 0 Å². The molecule has 3 rings (SSSR count). The quantitative estimate of drug-likeness (QED) is 0.889. The Morgan fingerprint density at radius 1 is 1.43 bits per heavy atom. The van der Waals surface area contributed by atoms with E-state index in [9.17, 15) is 4.39 Å². The Morgan fingerprint density at radius 3 is 3.05 bits per heavy atom. The first-order valence-corrected chi connectivity index (χ1v) is 7.27. The number of hydrogen-bond donors (Lipinski definition) is 2. The van der Waals surface area contributed by atoms with Crippen LogP contribution in [0.4, 0.5) is 10.3 Å². The predicted molar refractivity (Wildman–Crippen MR) is 80.5 cm³/mol. The first-order chi connectivity index (χ1) is 10.1. The van der Waals surface area contributed by atoms with Gasteiger partial charge in [-0.05, 0) is 44.4 Å². The third-order valence-corrected chi connectivity index (χ3v) is 4.23. The van der Waals surface area contributed by atoms with E-state index in [4.69, 9.17) is 5.73 Å². The molecule has 2 unspecified atom stereocenters. The van der Waals surface area contributed by atoms with Gasteiger partial charge in [-0.25, -0.2) is 4.39 Å². The highest BCUT2D eigenvalue weighted by molar-refractivity contribution is 5.61. The molecule has 1 saturated heterocycles. The standard InChI is InChI=1S/C15H20FN5/c1-9-5-6-11(16)8-12(9)14-18-15(20-19-14)21-7-3-4-13(17)10(21)2/h5-6,8,10,13H,3-4,7,17H2,1-2H3,(H,18,19,20). The van der Waals surface area contributed by atoms with Gasteiger partial charge in [0.2, 0.25) is 5.95 Å². The van der Waals surface area contributed by atoms with Crippen molar-refractivity contribution in [3.05, 3.63) is 29.6 Å². The monoisotopic (exact) mass is 289 g/mol. The molecule has 2 atom stereocenters. The van der Waals surface area contributed by atoms with E-state index in [2.05, 4.69) is 27.0 Å². The fraction of sp³-hybridized carbons (Fsp3) is 0.467. The molecule has 0 spiro atoms. The number of nitrogens with zero attached hydrogens (tertiary/aromatic N) is 3. The van der Waals surface area contributed by atoms with Gasteiger partial charge in [-0.15, -0.1) is 5.10 Å². The van der Waals surface area contributed by atoms with Gasteiger partial charge in [0, 0.05) is 24.2 Å². The van der Waals surface area contributed by atoms with Crippen molar-refractivity contribution in [3.8, 4) is 11.4 Å². The van der Waals surface area contributed by atoms with E-state index in [1.54, 1.807) is 6.07 Å². The molecule has 6 heteroatoms. The van der Waals surface area contributed by atoms with Crippen LogP contribution in [0.5, 0.6) is 0 Å². The summed E-state index contributed by atoms with van der Waals surface area (Å²) in [5, 5.41) is 7.20. The maximum absolute atomic E-state index is 13.4. The molecule has 2 heterocycles. The van der Waals surface area contributed by atoms with Crippen LogP contribution in [-0.4, -0.2) is 33.8 Å². The fourth-order valence-electron chi connectivity index (χ4n) is 2.81. The summed E-state index contributed by atoms with van der Waals surface area (Å²) in [6.07, 6.45) is 2.06. The van der Waals surface area contributed by atoms with Gasteiger partial charge in [0.25, 0.3) is 0 Å². The number of rotatable bonds is 2. The number of H-pyrrole nitrogens is 1. The molecule has 5 nitrogen and oxygen atoms in total. The zero-order chi connectivity index (χ0) is 15.0. The minimum absolute atomic E-state index is 0.136. The van der Waals surface area contributed by atoms with E-state index in [0.29, 0.717) is 11.8 Å². The van der Waals surface area contributed by atoms with E-state index in [0.717, 1.165) is 30.5 Å². The lowest BCUT2D eigenvalue weighted by Crippen LogP contribution is -2.50. The summed E-state index contributed by atoms with van der Waals surface area (Å²) in [6, 6.07) is 5.01. The van der Waals surface area contributed by atoms with Crippen molar-refractivity contribution in [2.75, 3.05) is 11.4 Å². The number of aromatic nitrogens is 3. The van der Waals surface area contributed by atoms with E-state index in [-0.39, 0.29) is 17.9 Å². The van der Waals surface area contributed by atoms with E-state index < -0.39 is 0 Å². The Labute approximate surface area is 123 Å². The molecule has 1 fully saturated rings. The molecular weight excluding hydrogens is 269 g/mol. The van der Waals surface area contributed by atoms with E-state index in [1.165, 1.54) is 12.1 Å². The molecule has 21 heavy (non-hydrogen) atoms. The Balaban J connectivity index is 1.91. The highest BCUT2D eigenvalue weighted by atomic mass is 19.1. The van der Waals surface area contributed by atoms with Crippen LogP contribution in [0.25, 0.3) is 11.4 Å². The van der Waals surface area contributed by atoms with Crippen molar-refractivity contribution >= 4 is 5.95 Å². The Morgan fingerprint density at radius 2 is 2.24 bits per heavy atom. The number of aromatic amines is 1. The van der Waals surface area contributed by atoms with E-state index >= 15 is 0 Å². The molecule has 1 aromatic heterocycles. The van der Waals surface area contributed by atoms with Crippen LogP contribution in [0.3, 0.4) is 0 Å². The van der Waals surface area contributed by atoms with Gasteiger partial charge in [-0.2, -0.15) is 4.98 Å². The van der Waals surface area contributed by atoms with Crippen LogP contribution in [-0.2, 0) is 0 Å². The number of nitrogens with two attached hydrogens (primary N) is 1. The lowest BCUT2D eigenvalue weighted by atomic mass is 9.99. The largest absolute Gasteiger partial charge is 0.335 e. The summed E-state index contributed by atoms with van der Waals surface area (Å²) >= 11 is 0. The van der Waals surface area contributed by atoms with Crippen molar-refractivity contribution < 1.29 is 4.39 Å². The van der Waals surface area contributed by atoms with Crippen LogP contribution < -0.4 is 10.6 Å². The van der Waals surface area contributed by atoms with Crippen LogP contribution in [0.15, 0.2) is 18.2 Å². The molecule has 112 valence electrons. The van der Waals surface area contributed by atoms with Crippen LogP contribution >= 0.6 is 0 Å². The molecule has 0 aliphatic carbocycles. The maximum atomic E-state index is 13.4. The zero-order valence-corrected chi connectivity index (χ0v) is 12.3. The summed E-state index contributed by atoms with van der Waals surface area (Å²) in [5.74, 6) is 0.951. The molecule has 0 saturated carbocycles. The van der Waals surface area contributed by atoms with Gasteiger partial charge in [-0.1, -0.05) is 6.07 Å². The van der Waals surface area contributed by atoms with Crippen molar-refractivity contribution in [2.45, 2.75) is 38.8 Å². The third kappa shape index (κ3) is 2.63. The normalized spacial score (nSPS) is 22.6. The summed E-state index contributed by atoms with van der Waals surface area (Å²) < 4.78 is 13.4. The van der Waals surface area contributed by atoms with Gasteiger partial charge in [-0.3, -0.25) is 5.10 Å². The Kier molecular flexibility index (Phi) is 3.63. The molecule has 1 aliphatic heterocycles. The number of anilines is 1. The fourth-order valence-corrected chi connectivity index (χ4v) is 2.81. The summed E-state index contributed by atoms with van der Waals surface area (Å²) in [4.78, 5) is 6.64. The van der Waals surface area contributed by atoms with Gasteiger partial charge in [0.1, 0.15) is 5.82 Å². The molecule has 1 aliphatic rings. The molecule has 0 bridgehead atoms. The number of nitrogens with one attached hydrogen (secondary N) is 1. The summed E-state index contributed by atoms with van der Waals surface area (Å²) in [7, 11) is 0. The second-order valence-electron chi connectivity index (χ2n) is 5.68. The first kappa shape index (κ1) is 14.0. The van der Waals surface area contributed by atoms with Crippen molar-refractivity contribution in [1.82, 2.24) is 15.2 Å². The first-order valence-electron chi connectivity index (χ1n) is 7.27. The Hall–Kier alpha value is -1.95. The smallest absolute Gasteiger partial charge is 0.245 e. The topological polar surface area (TPSA) is 70.8 Å². The molecular formula is C15H20FN5. The number of halogens is 1. The predicted octanol–water partition coefficient (Wildman–Crippen LogP) is 2.24. The second-order valence-corrected chi connectivity index (χ2v) is 5.68. The second kappa shape index (κ2) is 5.44. The van der Waals surface area contributed by atoms with Gasteiger partial charge < -0.3 is 10.6 Å². The third-order valence-electron chi connectivity index (χ3n) is 4.23. The maximum Gasteiger partial charge on any atom is 0.245 e. The minimum atomic E-state index is -0.276. The number of hydrogen-bond acceptors (Lipinski definition) is 4. The van der Waals surface area contributed by atoms with Crippen molar-refractivity contribution in [2.24, 2.45) is 5.73 Å². The van der Waals surface area contributed by atoms with Gasteiger partial charge in [0.15, 0.2) is 5.82 Å². The number of aryl methyl sites for hydroxylation is 1. The minimum Gasteiger partial charge on any atom is -0.335 e. The highest BCUT2D eigenvalue weighted by Gasteiger charge is 2.27. The van der Waals surface area contributed by atoms with Crippen molar-refractivity contribution in [3.63, 3.8) is 0 Å². The summed E-state index contributed by atoms with van der Waals surface area (Å²) in [6.45, 7) is 4.91. The molecule has 2 aromatic rings. The number of piperidine rings is 1. The summed E-state index contributed by atoms with van der Waals surface area (Å²) in [5.41, 5.74) is 7.81. The van der Waals surface area contributed by atoms with Crippen LogP contribution in [0.1, 0.15) is 25.3 Å². The molecule has 3 N–H and O–H groups in total. The number of benzene rings is 1.